The van der Waals surface area contributed by atoms with Crippen LogP contribution in [0.4, 0.5) is 4.39 Å². The number of nitrogens with two attached hydrogens (primary N) is 1. The Morgan fingerprint density at radius 2 is 2.24 bits per heavy atom. The summed E-state index contributed by atoms with van der Waals surface area (Å²) in [6, 6.07) is 8.59. The molecule has 4 rings (SSSR count). The van der Waals surface area contributed by atoms with Crippen molar-refractivity contribution in [2.45, 2.75) is 45.6 Å². The maximum Gasteiger partial charge on any atom is 0.173 e. The van der Waals surface area contributed by atoms with Crippen LogP contribution in [0.3, 0.4) is 0 Å². The fraction of sp³-hybridized carbons (Fsp3) is 0.391. The van der Waals surface area contributed by atoms with E-state index in [2.05, 4.69) is 22.8 Å². The molecule has 0 bridgehead atoms. The molecule has 2 N–H and O–H groups in total. The van der Waals surface area contributed by atoms with Crippen molar-refractivity contribution in [3.05, 3.63) is 63.2 Å². The highest BCUT2D eigenvalue weighted by Crippen LogP contribution is 2.37. The summed E-state index contributed by atoms with van der Waals surface area (Å²) in [5.74, 6) is -0.128. The first-order chi connectivity index (χ1) is 14.1. The lowest BCUT2D eigenvalue weighted by molar-refractivity contribution is 0.0966. The lowest BCUT2D eigenvalue weighted by Crippen LogP contribution is -2.20. The van der Waals surface area contributed by atoms with Gasteiger partial charge in [0.25, 0.3) is 0 Å². The maximum atomic E-state index is 13.5. The number of hydrogen-bond donors (Lipinski definition) is 1. The Hall–Kier alpha value is -2.31. The Morgan fingerprint density at radius 1 is 1.38 bits per heavy atom. The van der Waals surface area contributed by atoms with Crippen LogP contribution in [0.2, 0.25) is 0 Å². The van der Waals surface area contributed by atoms with Gasteiger partial charge in [-0.2, -0.15) is 5.10 Å². The molecular formula is C23H26FN3OS. The number of benzene rings is 1. The van der Waals surface area contributed by atoms with Gasteiger partial charge in [0.15, 0.2) is 5.78 Å². The second-order valence-corrected chi connectivity index (χ2v) is 8.85. The number of rotatable bonds is 7. The van der Waals surface area contributed by atoms with Crippen molar-refractivity contribution in [3.8, 4) is 11.3 Å². The van der Waals surface area contributed by atoms with Gasteiger partial charge in [0, 0.05) is 23.4 Å². The van der Waals surface area contributed by atoms with E-state index in [9.17, 15) is 9.18 Å². The summed E-state index contributed by atoms with van der Waals surface area (Å²) in [6.45, 7) is 3.46. The molecule has 0 aliphatic carbocycles. The van der Waals surface area contributed by atoms with Crippen LogP contribution in [-0.4, -0.2) is 22.1 Å². The zero-order valence-corrected chi connectivity index (χ0v) is 17.5. The lowest BCUT2D eigenvalue weighted by Gasteiger charge is -2.13. The normalized spacial score (nSPS) is 14.2. The minimum absolute atomic E-state index is 0.00272. The Kier molecular flexibility index (Phi) is 5.92. The van der Waals surface area contributed by atoms with E-state index in [1.807, 2.05) is 12.3 Å². The molecule has 29 heavy (non-hydrogen) atoms. The van der Waals surface area contributed by atoms with Crippen LogP contribution in [0, 0.1) is 11.7 Å². The zero-order chi connectivity index (χ0) is 20.4. The summed E-state index contributed by atoms with van der Waals surface area (Å²) < 4.78 is 15.5. The summed E-state index contributed by atoms with van der Waals surface area (Å²) in [5.41, 5.74) is 10.4. The topological polar surface area (TPSA) is 60.9 Å². The monoisotopic (exact) mass is 411 g/mol. The van der Waals surface area contributed by atoms with Gasteiger partial charge in [-0.05, 0) is 67.5 Å². The molecule has 3 heterocycles. The molecule has 0 amide bonds. The molecule has 0 saturated carbocycles. The van der Waals surface area contributed by atoms with Gasteiger partial charge in [-0.25, -0.2) is 4.39 Å². The lowest BCUT2D eigenvalue weighted by atomic mass is 9.93. The van der Waals surface area contributed by atoms with Gasteiger partial charge in [-0.3, -0.25) is 9.48 Å². The van der Waals surface area contributed by atoms with E-state index in [1.165, 1.54) is 33.8 Å². The van der Waals surface area contributed by atoms with Crippen molar-refractivity contribution in [2.75, 3.05) is 6.54 Å². The fourth-order valence-electron chi connectivity index (χ4n) is 4.10. The second kappa shape index (κ2) is 8.59. The first kappa shape index (κ1) is 20.0. The van der Waals surface area contributed by atoms with Crippen LogP contribution in [0.5, 0.6) is 0 Å². The zero-order valence-electron chi connectivity index (χ0n) is 16.7. The number of aryl methyl sites for hydroxylation is 3. The number of carbonyl (C=O) groups excluding carboxylic acids is 1. The van der Waals surface area contributed by atoms with Crippen molar-refractivity contribution in [1.29, 1.82) is 0 Å². The van der Waals surface area contributed by atoms with Crippen LogP contribution in [0.15, 0.2) is 36.5 Å². The van der Waals surface area contributed by atoms with Gasteiger partial charge >= 0.3 is 0 Å². The van der Waals surface area contributed by atoms with Gasteiger partial charge in [0.1, 0.15) is 5.82 Å². The molecule has 152 valence electrons. The molecule has 1 atom stereocenters. The van der Waals surface area contributed by atoms with Crippen LogP contribution in [0.25, 0.3) is 11.3 Å². The van der Waals surface area contributed by atoms with Crippen LogP contribution in [0.1, 0.15) is 45.4 Å². The molecule has 0 fully saturated rings. The average molecular weight is 412 g/mol. The van der Waals surface area contributed by atoms with Crippen molar-refractivity contribution in [2.24, 2.45) is 11.7 Å². The van der Waals surface area contributed by atoms with Gasteiger partial charge in [0.2, 0.25) is 0 Å². The van der Waals surface area contributed by atoms with Gasteiger partial charge in [-0.1, -0.05) is 19.1 Å². The van der Waals surface area contributed by atoms with E-state index >= 15 is 0 Å². The highest BCUT2D eigenvalue weighted by molar-refractivity contribution is 7.14. The van der Waals surface area contributed by atoms with Crippen molar-refractivity contribution >= 4 is 17.1 Å². The van der Waals surface area contributed by atoms with Crippen LogP contribution < -0.4 is 5.73 Å². The van der Waals surface area contributed by atoms with Gasteiger partial charge < -0.3 is 5.73 Å². The number of aromatic nitrogens is 2. The van der Waals surface area contributed by atoms with Gasteiger partial charge in [-0.15, -0.1) is 11.3 Å². The highest BCUT2D eigenvalue weighted by Gasteiger charge is 2.24. The summed E-state index contributed by atoms with van der Waals surface area (Å²) >= 11 is 1.61. The minimum atomic E-state index is -0.255. The van der Waals surface area contributed by atoms with Crippen molar-refractivity contribution in [1.82, 2.24) is 9.78 Å². The summed E-state index contributed by atoms with van der Waals surface area (Å²) in [7, 11) is 0. The van der Waals surface area contributed by atoms with E-state index < -0.39 is 0 Å². The largest absolute Gasteiger partial charge is 0.330 e. The first-order valence-corrected chi connectivity index (χ1v) is 11.1. The molecule has 0 spiro atoms. The van der Waals surface area contributed by atoms with E-state index in [0.29, 0.717) is 19.4 Å². The molecule has 4 nitrogen and oxygen atoms in total. The molecule has 6 heteroatoms. The third-order valence-corrected chi connectivity index (χ3v) is 6.87. The maximum absolute atomic E-state index is 13.5. The number of hydrogen-bond acceptors (Lipinski definition) is 4. The molecule has 1 aliphatic heterocycles. The SMILES string of the molecule is CCc1cnn2c1-c1cc(C(=O)CC(CN)Cc3cccc(F)c3)sc1CCC2. The quantitative estimate of drug-likeness (QED) is 0.576. The second-order valence-electron chi connectivity index (χ2n) is 7.71. The van der Waals surface area contributed by atoms with E-state index in [4.69, 9.17) is 5.73 Å². The van der Waals surface area contributed by atoms with E-state index in [0.717, 1.165) is 36.2 Å². The predicted molar refractivity (Wildman–Crippen MR) is 115 cm³/mol. The Balaban J connectivity index is 1.55. The van der Waals surface area contributed by atoms with Gasteiger partial charge in [0.05, 0.1) is 16.8 Å². The summed E-state index contributed by atoms with van der Waals surface area (Å²) in [6.07, 6.45) is 5.88. The number of fused-ring (bicyclic) bond motifs is 3. The number of nitrogens with zero attached hydrogens (tertiary/aromatic N) is 2. The molecule has 1 unspecified atom stereocenters. The molecule has 3 aromatic rings. The molecule has 0 radical (unpaired) electrons. The van der Waals surface area contributed by atoms with Crippen LogP contribution >= 0.6 is 11.3 Å². The average Bonchev–Trinajstić information content (AvgIpc) is 3.27. The highest BCUT2D eigenvalue weighted by atomic mass is 32.1. The first-order valence-electron chi connectivity index (χ1n) is 10.2. The number of thiophene rings is 1. The number of halogens is 1. The fourth-order valence-corrected chi connectivity index (χ4v) is 5.26. The third kappa shape index (κ3) is 4.19. The smallest absolute Gasteiger partial charge is 0.173 e. The summed E-state index contributed by atoms with van der Waals surface area (Å²) in [4.78, 5) is 15.1. The standard InChI is InChI=1S/C23H26FN3OS/c1-2-17-14-26-27-8-4-7-21-19(23(17)27)12-22(29-21)20(28)11-16(13-25)9-15-5-3-6-18(24)10-15/h3,5-6,10,12,14,16H,2,4,7-9,11,13,25H2,1H3. The molecule has 1 aromatic carbocycles. The summed E-state index contributed by atoms with van der Waals surface area (Å²) in [5, 5.41) is 4.55. The molecular weight excluding hydrogens is 385 g/mol. The Morgan fingerprint density at radius 3 is 3.00 bits per heavy atom. The number of Topliss-reactive ketones (excluding diaryl/α,β-unsaturated/α-hetero) is 1. The van der Waals surface area contributed by atoms with Crippen molar-refractivity contribution in [3.63, 3.8) is 0 Å². The van der Waals surface area contributed by atoms with E-state index in [-0.39, 0.29) is 17.5 Å². The molecule has 2 aromatic heterocycles. The molecule has 1 aliphatic rings. The van der Waals surface area contributed by atoms with Crippen LogP contribution in [-0.2, 0) is 25.8 Å². The van der Waals surface area contributed by atoms with Crippen molar-refractivity contribution < 1.29 is 9.18 Å². The third-order valence-electron chi connectivity index (χ3n) is 5.63. The Bertz CT molecular complexity index is 1020. The predicted octanol–water partition coefficient (Wildman–Crippen LogP) is 4.65. The number of carbonyl (C=O) groups is 1. The van der Waals surface area contributed by atoms with E-state index in [1.54, 1.807) is 17.4 Å². The number of ketones is 1. The Labute approximate surface area is 174 Å². The molecule has 0 saturated heterocycles. The minimum Gasteiger partial charge on any atom is -0.330 e.